The van der Waals surface area contributed by atoms with Gasteiger partial charge in [-0.15, -0.1) is 0 Å². The Morgan fingerprint density at radius 3 is 1.96 bits per heavy atom. The van der Waals surface area contributed by atoms with Gasteiger partial charge in [0.1, 0.15) is 0 Å². The number of halogens is 6. The van der Waals surface area contributed by atoms with E-state index in [1.807, 2.05) is 11.9 Å². The van der Waals surface area contributed by atoms with E-state index in [2.05, 4.69) is 4.99 Å². The Balaban J connectivity index is 2.03. The predicted molar refractivity (Wildman–Crippen MR) is 93.3 cm³/mol. The van der Waals surface area contributed by atoms with Crippen molar-refractivity contribution in [1.29, 1.82) is 0 Å². The van der Waals surface area contributed by atoms with Crippen LogP contribution in [-0.4, -0.2) is 64.7 Å². The highest BCUT2D eigenvalue weighted by Crippen LogP contribution is 2.51. The number of para-hydroxylation sites is 2. The van der Waals surface area contributed by atoms with Crippen molar-refractivity contribution < 1.29 is 22.6 Å². The molecule has 0 atom stereocenters. The lowest BCUT2D eigenvalue weighted by Crippen LogP contribution is -2.56. The normalized spacial score (nSPS) is 21.2. The van der Waals surface area contributed by atoms with Crippen molar-refractivity contribution in [3.63, 3.8) is 0 Å². The van der Waals surface area contributed by atoms with Crippen LogP contribution >= 0.6 is 34.8 Å². The average molecular weight is 433 g/mol. The molecule has 11 heteroatoms. The topological polar surface area (TPSA) is 37.3 Å². The van der Waals surface area contributed by atoms with Crippen LogP contribution < -0.4 is 9.47 Å². The van der Waals surface area contributed by atoms with E-state index in [1.165, 1.54) is 12.1 Å². The fraction of sp³-hybridized carbons (Fsp3) is 0.533. The summed E-state index contributed by atoms with van der Waals surface area (Å²) in [5, 5.41) is 0. The number of hydrogen-bond donors (Lipinski definition) is 0. The Bertz CT molecular complexity index is 676. The van der Waals surface area contributed by atoms with Crippen LogP contribution in [-0.2, 0) is 0 Å². The number of ether oxygens (including phenoxy) is 2. The highest BCUT2D eigenvalue weighted by Gasteiger charge is 2.60. The van der Waals surface area contributed by atoms with Crippen molar-refractivity contribution >= 4 is 40.6 Å². The summed E-state index contributed by atoms with van der Waals surface area (Å²) in [5.74, 6) is -3.40. The van der Waals surface area contributed by atoms with E-state index in [4.69, 9.17) is 44.3 Å². The van der Waals surface area contributed by atoms with Crippen molar-refractivity contribution in [1.82, 2.24) is 9.80 Å². The van der Waals surface area contributed by atoms with Gasteiger partial charge in [-0.05, 0) is 19.2 Å². The average Bonchev–Trinajstić information content (AvgIpc) is 2.92. The third kappa shape index (κ3) is 3.78. The maximum absolute atomic E-state index is 13.7. The molecule has 2 aliphatic rings. The summed E-state index contributed by atoms with van der Waals surface area (Å²) < 4.78 is 49.6. The first-order chi connectivity index (χ1) is 12.0. The van der Waals surface area contributed by atoms with Crippen LogP contribution in [0.15, 0.2) is 29.3 Å². The summed E-state index contributed by atoms with van der Waals surface area (Å²) >= 11 is 17.8. The van der Waals surface area contributed by atoms with Gasteiger partial charge in [-0.2, -0.15) is 18.2 Å². The molecule has 26 heavy (non-hydrogen) atoms. The van der Waals surface area contributed by atoms with Gasteiger partial charge in [-0.1, -0.05) is 46.9 Å². The molecule has 0 aliphatic carbocycles. The fourth-order valence-corrected chi connectivity index (χ4v) is 2.99. The molecule has 0 amide bonds. The summed E-state index contributed by atoms with van der Waals surface area (Å²) in [5.41, 5.74) is 0. The number of amidine groups is 1. The van der Waals surface area contributed by atoms with E-state index in [0.29, 0.717) is 13.1 Å². The zero-order valence-corrected chi connectivity index (χ0v) is 15.8. The van der Waals surface area contributed by atoms with Crippen LogP contribution in [0.1, 0.15) is 0 Å². The minimum atomic E-state index is -4.78. The lowest BCUT2D eigenvalue weighted by molar-refractivity contribution is -0.0905. The van der Waals surface area contributed by atoms with Crippen LogP contribution in [0.5, 0.6) is 11.5 Å². The molecule has 1 aromatic carbocycles. The first kappa shape index (κ1) is 19.7. The lowest BCUT2D eigenvalue weighted by atomic mass is 10.3. The molecule has 1 fully saturated rings. The molecule has 1 saturated heterocycles. The van der Waals surface area contributed by atoms with Crippen molar-refractivity contribution in [2.24, 2.45) is 4.99 Å². The Labute approximate surface area is 163 Å². The first-order valence-corrected chi connectivity index (χ1v) is 8.79. The van der Waals surface area contributed by atoms with Crippen molar-refractivity contribution in [2.75, 3.05) is 33.2 Å². The van der Waals surface area contributed by atoms with Gasteiger partial charge >= 0.3 is 12.1 Å². The first-order valence-electron chi connectivity index (χ1n) is 7.66. The Hall–Kier alpha value is -1.09. The predicted octanol–water partition coefficient (Wildman–Crippen LogP) is 3.69. The molecule has 144 valence electrons. The second kappa shape index (κ2) is 6.82. The second-order valence-electron chi connectivity index (χ2n) is 5.95. The van der Waals surface area contributed by atoms with Crippen LogP contribution in [0, 0.1) is 0 Å². The molecule has 2 heterocycles. The molecule has 5 nitrogen and oxygen atoms in total. The van der Waals surface area contributed by atoms with Gasteiger partial charge in [0.15, 0.2) is 11.5 Å². The molecule has 0 aromatic heterocycles. The van der Waals surface area contributed by atoms with Crippen LogP contribution in [0.4, 0.5) is 13.2 Å². The molecule has 0 bridgehead atoms. The SMILES string of the molecule is CN1CCN(C(=NC2(C(Cl)(Cl)Cl)Oc3ccccc3O2)C(F)(F)F)CC1. The summed E-state index contributed by atoms with van der Waals surface area (Å²) in [6.45, 7) is 1.13. The third-order valence-electron chi connectivity index (χ3n) is 4.01. The number of nitrogens with zero attached hydrogens (tertiary/aromatic N) is 3. The zero-order chi connectivity index (χ0) is 19.2. The number of fused-ring (bicyclic) bond motifs is 1. The maximum atomic E-state index is 13.7. The summed E-state index contributed by atoms with van der Waals surface area (Å²) in [6.07, 6.45) is -4.78. The number of aliphatic imine (C=N–C) groups is 1. The molecule has 0 unspecified atom stereocenters. The smallest absolute Gasteiger partial charge is 0.427 e. The van der Waals surface area contributed by atoms with E-state index in [9.17, 15) is 13.2 Å². The molecular formula is C15H15Cl3F3N3O2. The number of piperazine rings is 1. The van der Waals surface area contributed by atoms with Gasteiger partial charge in [0.25, 0.3) is 3.79 Å². The highest BCUT2D eigenvalue weighted by molar-refractivity contribution is 6.68. The quantitative estimate of drug-likeness (QED) is 0.385. The Kier molecular flexibility index (Phi) is 5.16. The fourth-order valence-electron chi connectivity index (χ4n) is 2.63. The van der Waals surface area contributed by atoms with E-state index in [0.717, 1.165) is 4.90 Å². The van der Waals surface area contributed by atoms with Gasteiger partial charge in [-0.3, -0.25) is 0 Å². The van der Waals surface area contributed by atoms with Gasteiger partial charge in [-0.25, -0.2) is 0 Å². The molecule has 0 spiro atoms. The maximum Gasteiger partial charge on any atom is 0.449 e. The largest absolute Gasteiger partial charge is 0.449 e. The van der Waals surface area contributed by atoms with Gasteiger partial charge in [0.05, 0.1) is 0 Å². The van der Waals surface area contributed by atoms with Crippen LogP contribution in [0.25, 0.3) is 0 Å². The van der Waals surface area contributed by atoms with E-state index < -0.39 is 21.7 Å². The molecule has 1 aromatic rings. The lowest BCUT2D eigenvalue weighted by Gasteiger charge is -2.37. The van der Waals surface area contributed by atoms with Crippen molar-refractivity contribution in [2.45, 2.75) is 15.9 Å². The van der Waals surface area contributed by atoms with Crippen molar-refractivity contribution in [3.8, 4) is 11.5 Å². The molecule has 3 rings (SSSR count). The summed E-state index contributed by atoms with van der Waals surface area (Å²) in [4.78, 5) is 6.67. The number of benzene rings is 1. The molecule has 0 saturated carbocycles. The van der Waals surface area contributed by atoms with Gasteiger partial charge < -0.3 is 19.3 Å². The Morgan fingerprint density at radius 2 is 1.54 bits per heavy atom. The number of rotatable bonds is 1. The van der Waals surface area contributed by atoms with E-state index in [1.54, 1.807) is 12.1 Å². The summed E-state index contributed by atoms with van der Waals surface area (Å²) in [7, 11) is 1.82. The Morgan fingerprint density at radius 1 is 1.04 bits per heavy atom. The molecular weight excluding hydrogens is 418 g/mol. The summed E-state index contributed by atoms with van der Waals surface area (Å²) in [6, 6.07) is 6.22. The molecule has 2 aliphatic heterocycles. The van der Waals surface area contributed by atoms with Gasteiger partial charge in [0, 0.05) is 26.2 Å². The number of likely N-dealkylation sites (N-methyl/N-ethyl adjacent to an activating group) is 1. The van der Waals surface area contributed by atoms with Crippen LogP contribution in [0.3, 0.4) is 0 Å². The van der Waals surface area contributed by atoms with E-state index in [-0.39, 0.29) is 24.6 Å². The molecule has 0 N–H and O–H groups in total. The second-order valence-corrected chi connectivity index (χ2v) is 8.24. The van der Waals surface area contributed by atoms with Crippen molar-refractivity contribution in [3.05, 3.63) is 24.3 Å². The third-order valence-corrected chi connectivity index (χ3v) is 4.73. The number of alkyl halides is 6. The van der Waals surface area contributed by atoms with Gasteiger partial charge in [0.2, 0.25) is 5.84 Å². The molecule has 0 radical (unpaired) electrons. The number of hydrogen-bond acceptors (Lipinski definition) is 4. The minimum Gasteiger partial charge on any atom is -0.427 e. The van der Waals surface area contributed by atoms with Crippen LogP contribution in [0.2, 0.25) is 0 Å². The minimum absolute atomic E-state index is 0.123. The monoisotopic (exact) mass is 431 g/mol. The standard InChI is InChI=1S/C15H15Cl3F3N3O2/c1-23-6-8-24(9-7-23)12(13(19,20)21)22-15(14(16,17)18)25-10-4-2-3-5-11(10)26-15/h2-5H,6-9H2,1H3. The van der Waals surface area contributed by atoms with E-state index >= 15 is 0 Å². The zero-order valence-electron chi connectivity index (χ0n) is 13.6. The highest BCUT2D eigenvalue weighted by atomic mass is 35.6.